The number of benzene rings is 1. The zero-order valence-corrected chi connectivity index (χ0v) is 8.89. The molecule has 0 fully saturated rings. The van der Waals surface area contributed by atoms with Crippen LogP contribution in [0.2, 0.25) is 0 Å². The van der Waals surface area contributed by atoms with E-state index in [4.69, 9.17) is 11.8 Å². The molecule has 1 aromatic carbocycles. The molecule has 0 aliphatic rings. The van der Waals surface area contributed by atoms with E-state index in [-0.39, 0.29) is 0 Å². The number of Topliss-reactive ketones (excluding diaryl/α,β-unsaturated/α-hetero) is 1. The molecule has 1 atom stereocenters. The molecular weight excluding hydrogens is 252 g/mol. The molecular formula is C11H4F4N2O. The van der Waals surface area contributed by atoms with Crippen LogP contribution in [-0.4, -0.2) is 5.78 Å². The summed E-state index contributed by atoms with van der Waals surface area (Å²) in [6.07, 6.45) is 0. The largest absolute Gasteiger partial charge is 0.311 e. The van der Waals surface area contributed by atoms with Gasteiger partial charge in [0.2, 0.25) is 5.78 Å². The monoisotopic (exact) mass is 256 g/mol. The highest BCUT2D eigenvalue weighted by Gasteiger charge is 2.35. The Balaban J connectivity index is 3.74. The lowest BCUT2D eigenvalue weighted by Crippen LogP contribution is -2.14. The molecule has 92 valence electrons. The molecule has 1 rings (SSSR count). The van der Waals surface area contributed by atoms with Gasteiger partial charge in [-0.15, -0.1) is 0 Å². The summed E-state index contributed by atoms with van der Waals surface area (Å²) < 4.78 is 53.4. The van der Waals surface area contributed by atoms with E-state index in [9.17, 15) is 22.4 Å². The van der Waals surface area contributed by atoms with Gasteiger partial charge in [0.05, 0.1) is 0 Å². The molecule has 0 N–H and O–H groups in total. The van der Waals surface area contributed by atoms with Crippen molar-refractivity contribution in [2.24, 2.45) is 0 Å². The molecule has 0 aromatic heterocycles. The average molecular weight is 256 g/mol. The van der Waals surface area contributed by atoms with Gasteiger partial charge in [0.1, 0.15) is 17.2 Å². The fraction of sp³-hybridized carbons (Fsp3) is 0.182. The van der Waals surface area contributed by atoms with Crippen molar-refractivity contribution in [2.75, 3.05) is 0 Å². The summed E-state index contributed by atoms with van der Waals surface area (Å²) in [5.74, 6) is -8.60. The summed E-state index contributed by atoms with van der Waals surface area (Å²) in [6.45, 7) is 7.48. The van der Waals surface area contributed by atoms with Crippen LogP contribution in [0.4, 0.5) is 17.6 Å². The number of hydrogen-bond acceptors (Lipinski definition) is 2. The SMILES string of the molecule is [C-]#[N+]C(C(C)=O)c1c(F)c(F)c(C#N)c(F)c1F. The molecule has 18 heavy (non-hydrogen) atoms. The fourth-order valence-electron chi connectivity index (χ4n) is 1.35. The maximum atomic E-state index is 13.5. The Kier molecular flexibility index (Phi) is 3.67. The van der Waals surface area contributed by atoms with E-state index in [1.54, 1.807) is 0 Å². The molecule has 0 spiro atoms. The second-order valence-electron chi connectivity index (χ2n) is 3.30. The van der Waals surface area contributed by atoms with Crippen LogP contribution in [0.25, 0.3) is 4.85 Å². The Labute approximate surface area is 99.1 Å². The first kappa shape index (κ1) is 13.7. The Morgan fingerprint density at radius 3 is 1.94 bits per heavy atom. The first-order valence-corrected chi connectivity index (χ1v) is 4.49. The van der Waals surface area contributed by atoms with Crippen molar-refractivity contribution in [3.63, 3.8) is 0 Å². The van der Waals surface area contributed by atoms with Crippen molar-refractivity contribution in [3.05, 3.63) is 45.8 Å². The number of halogens is 4. The number of ketones is 1. The van der Waals surface area contributed by atoms with Gasteiger partial charge in [0, 0.05) is 6.92 Å². The van der Waals surface area contributed by atoms with Crippen molar-refractivity contribution in [1.82, 2.24) is 0 Å². The second kappa shape index (κ2) is 4.84. The molecule has 0 bridgehead atoms. The van der Waals surface area contributed by atoms with Gasteiger partial charge in [-0.05, 0) is 0 Å². The van der Waals surface area contributed by atoms with E-state index >= 15 is 0 Å². The van der Waals surface area contributed by atoms with Crippen LogP contribution in [0.3, 0.4) is 0 Å². The molecule has 7 heteroatoms. The summed E-state index contributed by atoms with van der Waals surface area (Å²) >= 11 is 0. The van der Waals surface area contributed by atoms with E-state index in [0.717, 1.165) is 13.0 Å². The molecule has 0 heterocycles. The highest BCUT2D eigenvalue weighted by molar-refractivity contribution is 5.84. The van der Waals surface area contributed by atoms with Gasteiger partial charge in [0.15, 0.2) is 23.3 Å². The van der Waals surface area contributed by atoms with Gasteiger partial charge >= 0.3 is 6.04 Å². The third-order valence-corrected chi connectivity index (χ3v) is 2.20. The predicted octanol–water partition coefficient (Wildman–Crippen LogP) is 2.66. The van der Waals surface area contributed by atoms with Crippen LogP contribution in [0.5, 0.6) is 0 Å². The van der Waals surface area contributed by atoms with Gasteiger partial charge in [0.25, 0.3) is 0 Å². The highest BCUT2D eigenvalue weighted by atomic mass is 19.2. The normalized spacial score (nSPS) is 11.5. The van der Waals surface area contributed by atoms with Crippen molar-refractivity contribution < 1.29 is 22.4 Å². The van der Waals surface area contributed by atoms with Gasteiger partial charge in [-0.1, -0.05) is 0 Å². The van der Waals surface area contributed by atoms with Crippen molar-refractivity contribution in [2.45, 2.75) is 13.0 Å². The molecule has 0 amide bonds. The van der Waals surface area contributed by atoms with Crippen LogP contribution >= 0.6 is 0 Å². The number of rotatable bonds is 2. The van der Waals surface area contributed by atoms with E-state index in [1.165, 1.54) is 0 Å². The minimum absolute atomic E-state index is 0.857. The number of hydrogen-bond donors (Lipinski definition) is 0. The lowest BCUT2D eigenvalue weighted by Gasteiger charge is -2.08. The molecule has 0 saturated heterocycles. The summed E-state index contributed by atoms with van der Waals surface area (Å²) in [7, 11) is 0. The Morgan fingerprint density at radius 1 is 1.22 bits per heavy atom. The van der Waals surface area contributed by atoms with E-state index in [1.807, 2.05) is 0 Å². The number of carbonyl (C=O) groups is 1. The molecule has 1 aromatic rings. The first-order chi connectivity index (χ1) is 8.36. The van der Waals surface area contributed by atoms with Crippen LogP contribution in [-0.2, 0) is 4.79 Å². The minimum atomic E-state index is -1.98. The summed E-state index contributed by atoms with van der Waals surface area (Å²) in [6, 6.07) is -1.02. The third-order valence-electron chi connectivity index (χ3n) is 2.20. The van der Waals surface area contributed by atoms with Gasteiger partial charge in [-0.2, -0.15) is 5.26 Å². The number of carbonyl (C=O) groups excluding carboxylic acids is 1. The van der Waals surface area contributed by atoms with Gasteiger partial charge < -0.3 is 0 Å². The van der Waals surface area contributed by atoms with Crippen LogP contribution in [0.15, 0.2) is 0 Å². The maximum Gasteiger partial charge on any atom is 0.311 e. The summed E-state index contributed by atoms with van der Waals surface area (Å²) in [5.41, 5.74) is -2.74. The van der Waals surface area contributed by atoms with Crippen molar-refractivity contribution in [3.8, 4) is 6.07 Å². The van der Waals surface area contributed by atoms with Crippen molar-refractivity contribution in [1.29, 1.82) is 5.26 Å². The lowest BCUT2D eigenvalue weighted by molar-refractivity contribution is -0.117. The van der Waals surface area contributed by atoms with E-state index in [0.29, 0.717) is 0 Å². The zero-order valence-electron chi connectivity index (χ0n) is 8.89. The van der Waals surface area contributed by atoms with Crippen LogP contribution < -0.4 is 0 Å². The zero-order chi connectivity index (χ0) is 14.0. The van der Waals surface area contributed by atoms with E-state index < -0.39 is 46.2 Å². The summed E-state index contributed by atoms with van der Waals surface area (Å²) in [4.78, 5) is 13.6. The minimum Gasteiger partial charge on any atom is -0.300 e. The summed E-state index contributed by atoms with van der Waals surface area (Å²) in [5, 5.41) is 8.35. The average Bonchev–Trinajstić information content (AvgIpc) is 2.32. The van der Waals surface area contributed by atoms with Gasteiger partial charge in [-0.3, -0.25) is 9.64 Å². The Morgan fingerprint density at radius 2 is 1.67 bits per heavy atom. The topological polar surface area (TPSA) is 45.2 Å². The lowest BCUT2D eigenvalue weighted by atomic mass is 10.00. The highest BCUT2D eigenvalue weighted by Crippen LogP contribution is 2.30. The number of nitriles is 1. The van der Waals surface area contributed by atoms with E-state index in [2.05, 4.69) is 4.85 Å². The molecule has 0 aliphatic carbocycles. The second-order valence-corrected chi connectivity index (χ2v) is 3.30. The smallest absolute Gasteiger partial charge is 0.300 e. The predicted molar refractivity (Wildman–Crippen MR) is 51.0 cm³/mol. The van der Waals surface area contributed by atoms with Crippen LogP contribution in [0.1, 0.15) is 24.1 Å². The molecule has 1 unspecified atom stereocenters. The maximum absolute atomic E-state index is 13.5. The Hall–Kier alpha value is -2.41. The fourth-order valence-corrected chi connectivity index (χ4v) is 1.35. The third kappa shape index (κ3) is 1.91. The molecule has 0 saturated carbocycles. The standard InChI is InChI=1S/C11H4F4N2O/c1-4(18)11(17-2)6-9(14)7(12)5(3-16)8(13)10(6)15/h11H,1H3. The quantitative estimate of drug-likeness (QED) is 0.464. The number of nitrogens with zero attached hydrogens (tertiary/aromatic N) is 2. The molecule has 0 radical (unpaired) electrons. The molecule has 3 nitrogen and oxygen atoms in total. The van der Waals surface area contributed by atoms with Crippen LogP contribution in [0, 0.1) is 41.2 Å². The van der Waals surface area contributed by atoms with Gasteiger partial charge in [-0.25, -0.2) is 24.1 Å². The van der Waals surface area contributed by atoms with Crippen molar-refractivity contribution >= 4 is 5.78 Å². The molecule has 0 aliphatic heterocycles. The first-order valence-electron chi connectivity index (χ1n) is 4.49. The Bertz CT molecular complexity index is 584.